The fourth-order valence-corrected chi connectivity index (χ4v) is 3.54. The number of piperidine rings is 1. The minimum atomic E-state index is -4.82. The number of imidazole rings is 1. The van der Waals surface area contributed by atoms with Gasteiger partial charge in [0.15, 0.2) is 5.65 Å². The third kappa shape index (κ3) is 4.73. The Bertz CT molecular complexity index is 1070. The van der Waals surface area contributed by atoms with Crippen LogP contribution in [0.15, 0.2) is 35.3 Å². The summed E-state index contributed by atoms with van der Waals surface area (Å²) in [6.45, 7) is 2.50. The van der Waals surface area contributed by atoms with Crippen LogP contribution in [0.25, 0.3) is 11.2 Å². The number of anilines is 1. The summed E-state index contributed by atoms with van der Waals surface area (Å²) in [5.41, 5.74) is 0.425. The van der Waals surface area contributed by atoms with E-state index in [1.54, 1.807) is 6.07 Å². The van der Waals surface area contributed by atoms with Crippen LogP contribution in [-0.2, 0) is 6.54 Å². The van der Waals surface area contributed by atoms with Crippen LogP contribution in [0.5, 0.6) is 5.75 Å². The molecule has 0 amide bonds. The molecule has 11 heteroatoms. The Morgan fingerprint density at radius 1 is 1.30 bits per heavy atom. The van der Waals surface area contributed by atoms with Gasteiger partial charge in [0, 0.05) is 12.1 Å². The normalized spacial score (nSPS) is 17.2. The lowest BCUT2D eigenvalue weighted by molar-refractivity contribution is -0.274. The number of fused-ring (bicyclic) bond motifs is 1. The zero-order chi connectivity index (χ0) is 21.1. The van der Waals surface area contributed by atoms with Crippen LogP contribution in [0.4, 0.5) is 19.1 Å². The molecule has 1 atom stereocenters. The number of benzene rings is 1. The number of nitrogens with one attached hydrogen (secondary N) is 3. The smallest absolute Gasteiger partial charge is 0.405 e. The largest absolute Gasteiger partial charge is 0.573 e. The van der Waals surface area contributed by atoms with Crippen LogP contribution in [0.3, 0.4) is 0 Å². The molecule has 0 radical (unpaired) electrons. The Labute approximate surface area is 169 Å². The molecule has 1 saturated heterocycles. The van der Waals surface area contributed by atoms with Crippen LogP contribution in [0, 0.1) is 5.92 Å². The molecule has 0 spiro atoms. The second-order valence-electron chi connectivity index (χ2n) is 7.20. The molecule has 0 bridgehead atoms. The molecule has 1 aliphatic rings. The molecular formula is C19H21F3N6O2. The molecule has 0 aliphatic carbocycles. The lowest BCUT2D eigenvalue weighted by Gasteiger charge is -2.22. The van der Waals surface area contributed by atoms with Gasteiger partial charge in [-0.15, -0.1) is 13.2 Å². The first-order valence-electron chi connectivity index (χ1n) is 9.63. The number of H-pyrrole nitrogens is 1. The van der Waals surface area contributed by atoms with Gasteiger partial charge in [0.2, 0.25) is 5.95 Å². The molecule has 1 aromatic carbocycles. The van der Waals surface area contributed by atoms with E-state index in [0.717, 1.165) is 25.9 Å². The highest BCUT2D eigenvalue weighted by Crippen LogP contribution is 2.27. The van der Waals surface area contributed by atoms with Crippen molar-refractivity contribution in [1.82, 2.24) is 24.8 Å². The van der Waals surface area contributed by atoms with Crippen LogP contribution in [0.2, 0.25) is 0 Å². The molecule has 30 heavy (non-hydrogen) atoms. The Kier molecular flexibility index (Phi) is 5.62. The summed E-state index contributed by atoms with van der Waals surface area (Å²) in [5, 5.41) is 6.52. The molecule has 0 unspecified atom stereocenters. The SMILES string of the molecule is O=c1[nH]c2cnc(NC[C@H]3CCCNC3)nc2n1Cc1ccccc1OC(F)(F)F. The minimum absolute atomic E-state index is 0.131. The molecule has 1 fully saturated rings. The van der Waals surface area contributed by atoms with Crippen molar-refractivity contribution in [2.45, 2.75) is 25.7 Å². The average Bonchev–Trinajstić information content (AvgIpc) is 3.02. The van der Waals surface area contributed by atoms with Crippen molar-refractivity contribution in [1.29, 1.82) is 0 Å². The quantitative estimate of drug-likeness (QED) is 0.565. The van der Waals surface area contributed by atoms with Crippen LogP contribution >= 0.6 is 0 Å². The number of rotatable bonds is 6. The summed E-state index contributed by atoms with van der Waals surface area (Å²) in [4.78, 5) is 23.7. The average molecular weight is 422 g/mol. The van der Waals surface area contributed by atoms with E-state index in [1.807, 2.05) is 0 Å². The molecular weight excluding hydrogens is 401 g/mol. The van der Waals surface area contributed by atoms with Crippen molar-refractivity contribution in [3.05, 3.63) is 46.5 Å². The fourth-order valence-electron chi connectivity index (χ4n) is 3.54. The van der Waals surface area contributed by atoms with E-state index >= 15 is 0 Å². The molecule has 3 N–H and O–H groups in total. The van der Waals surface area contributed by atoms with Crippen LogP contribution < -0.4 is 21.1 Å². The Balaban J connectivity index is 1.58. The number of nitrogens with zero attached hydrogens (tertiary/aromatic N) is 3. The van der Waals surface area contributed by atoms with Crippen molar-refractivity contribution in [3.8, 4) is 5.75 Å². The summed E-state index contributed by atoms with van der Waals surface area (Å²) in [7, 11) is 0. The van der Waals surface area contributed by atoms with E-state index in [1.165, 1.54) is 29.0 Å². The van der Waals surface area contributed by atoms with E-state index in [4.69, 9.17) is 0 Å². The number of alkyl halides is 3. The zero-order valence-electron chi connectivity index (χ0n) is 16.0. The van der Waals surface area contributed by atoms with Crippen molar-refractivity contribution < 1.29 is 17.9 Å². The monoisotopic (exact) mass is 422 g/mol. The lowest BCUT2D eigenvalue weighted by atomic mass is 10.00. The third-order valence-electron chi connectivity index (χ3n) is 4.99. The molecule has 8 nitrogen and oxygen atoms in total. The second kappa shape index (κ2) is 8.34. The van der Waals surface area contributed by atoms with E-state index in [-0.39, 0.29) is 17.9 Å². The van der Waals surface area contributed by atoms with Crippen LogP contribution in [-0.4, -0.2) is 45.5 Å². The highest BCUT2D eigenvalue weighted by atomic mass is 19.4. The topological polar surface area (TPSA) is 96.9 Å². The number of hydrogen-bond donors (Lipinski definition) is 3. The summed E-state index contributed by atoms with van der Waals surface area (Å²) in [6, 6.07) is 5.71. The van der Waals surface area contributed by atoms with E-state index in [2.05, 4.69) is 30.3 Å². The highest BCUT2D eigenvalue weighted by Gasteiger charge is 2.32. The van der Waals surface area contributed by atoms with E-state index < -0.39 is 12.1 Å². The van der Waals surface area contributed by atoms with Crippen molar-refractivity contribution in [2.75, 3.05) is 25.0 Å². The number of halogens is 3. The molecule has 3 heterocycles. The first-order chi connectivity index (χ1) is 14.4. The summed E-state index contributed by atoms with van der Waals surface area (Å²) >= 11 is 0. The number of aromatic nitrogens is 4. The number of hydrogen-bond acceptors (Lipinski definition) is 6. The predicted molar refractivity (Wildman–Crippen MR) is 104 cm³/mol. The van der Waals surface area contributed by atoms with Crippen molar-refractivity contribution in [2.24, 2.45) is 5.92 Å². The summed E-state index contributed by atoms with van der Waals surface area (Å²) in [5.74, 6) is 0.460. The third-order valence-corrected chi connectivity index (χ3v) is 4.99. The number of aromatic amines is 1. The van der Waals surface area contributed by atoms with Gasteiger partial charge in [0.1, 0.15) is 11.3 Å². The maximum Gasteiger partial charge on any atom is 0.573 e. The molecule has 2 aromatic heterocycles. The fraction of sp³-hybridized carbons (Fsp3) is 0.421. The molecule has 0 saturated carbocycles. The van der Waals surface area contributed by atoms with Gasteiger partial charge in [-0.2, -0.15) is 4.98 Å². The Morgan fingerprint density at radius 2 is 2.13 bits per heavy atom. The highest BCUT2D eigenvalue weighted by molar-refractivity contribution is 5.71. The van der Waals surface area contributed by atoms with Gasteiger partial charge in [0.25, 0.3) is 0 Å². The number of ether oxygens (including phenoxy) is 1. The van der Waals surface area contributed by atoms with E-state index in [9.17, 15) is 18.0 Å². The minimum Gasteiger partial charge on any atom is -0.405 e. The number of para-hydroxylation sites is 1. The van der Waals surface area contributed by atoms with Gasteiger partial charge in [-0.1, -0.05) is 18.2 Å². The zero-order valence-corrected chi connectivity index (χ0v) is 16.0. The van der Waals surface area contributed by atoms with Gasteiger partial charge in [-0.25, -0.2) is 9.78 Å². The van der Waals surface area contributed by atoms with Crippen LogP contribution in [0.1, 0.15) is 18.4 Å². The maximum absolute atomic E-state index is 12.7. The van der Waals surface area contributed by atoms with Gasteiger partial charge in [-0.05, 0) is 37.9 Å². The summed E-state index contributed by atoms with van der Waals surface area (Å²) < 4.78 is 43.4. The predicted octanol–water partition coefficient (Wildman–Crippen LogP) is 2.48. The van der Waals surface area contributed by atoms with Crippen molar-refractivity contribution in [3.63, 3.8) is 0 Å². The summed E-state index contributed by atoms with van der Waals surface area (Å²) in [6.07, 6.45) is -1.12. The molecule has 160 valence electrons. The first kappa shape index (κ1) is 20.2. The molecule has 3 aromatic rings. The maximum atomic E-state index is 12.7. The standard InChI is InChI=1S/C19H21F3N6O2/c20-19(21,22)30-15-6-2-1-5-13(15)11-28-16-14(26-18(28)29)10-25-17(27-16)24-9-12-4-3-7-23-8-12/h1-2,5-6,10,12,23H,3-4,7-9,11H2,(H,26,29)(H,24,25,27)/t12-/m0/s1. The first-order valence-corrected chi connectivity index (χ1v) is 9.63. The molecule has 4 rings (SSSR count). The Hall–Kier alpha value is -3.08. The van der Waals surface area contributed by atoms with Gasteiger partial charge < -0.3 is 20.4 Å². The van der Waals surface area contributed by atoms with Gasteiger partial charge in [-0.3, -0.25) is 4.57 Å². The molecule has 1 aliphatic heterocycles. The van der Waals surface area contributed by atoms with Gasteiger partial charge in [0.05, 0.1) is 12.7 Å². The lowest BCUT2D eigenvalue weighted by Crippen LogP contribution is -2.33. The van der Waals surface area contributed by atoms with Gasteiger partial charge >= 0.3 is 12.1 Å². The Morgan fingerprint density at radius 3 is 2.90 bits per heavy atom. The second-order valence-corrected chi connectivity index (χ2v) is 7.20. The van der Waals surface area contributed by atoms with Crippen molar-refractivity contribution >= 4 is 17.1 Å². The van der Waals surface area contributed by atoms with E-state index in [0.29, 0.717) is 29.6 Å².